The van der Waals surface area contributed by atoms with Gasteiger partial charge in [0.1, 0.15) is 17.9 Å². The fourth-order valence-electron chi connectivity index (χ4n) is 3.70. The van der Waals surface area contributed by atoms with E-state index in [1.165, 1.54) is 0 Å². The topological polar surface area (TPSA) is 61.4 Å². The number of benzene rings is 2. The molecule has 4 nitrogen and oxygen atoms in total. The van der Waals surface area contributed by atoms with Crippen LogP contribution in [-0.2, 0) is 11.2 Å². The van der Waals surface area contributed by atoms with Crippen molar-refractivity contribution in [3.63, 3.8) is 0 Å². The molecule has 0 saturated heterocycles. The first kappa shape index (κ1) is 17.9. The molecular weight excluding hydrogens is 361 g/mol. The van der Waals surface area contributed by atoms with Gasteiger partial charge in [-0.2, -0.15) is 0 Å². The van der Waals surface area contributed by atoms with E-state index in [-0.39, 0.29) is 13.3 Å². The molecule has 0 saturated carbocycles. The van der Waals surface area contributed by atoms with Crippen LogP contribution in [0, 0.1) is 0 Å². The van der Waals surface area contributed by atoms with Gasteiger partial charge in [0.2, 0.25) is 0 Å². The normalized spacial score (nSPS) is 22.6. The van der Waals surface area contributed by atoms with E-state index in [0.717, 1.165) is 28.9 Å². The largest absolute Gasteiger partial charge is 0.548 e. The molecule has 2 heterocycles. The Labute approximate surface area is 156 Å². The van der Waals surface area contributed by atoms with Crippen LogP contribution in [0.15, 0.2) is 30.3 Å². The second-order valence-electron chi connectivity index (χ2n) is 6.04. The van der Waals surface area contributed by atoms with E-state index >= 15 is 0 Å². The first-order valence-electron chi connectivity index (χ1n) is 7.76. The van der Waals surface area contributed by atoms with E-state index in [0.29, 0.717) is 15.7 Å². The van der Waals surface area contributed by atoms with E-state index in [9.17, 15) is 9.90 Å². The van der Waals surface area contributed by atoms with Gasteiger partial charge in [-0.3, -0.25) is 0 Å². The van der Waals surface area contributed by atoms with Gasteiger partial charge in [-0.1, -0.05) is 55.8 Å². The Balaban J connectivity index is 0.00000182. The number of nitrogens with one attached hydrogen (secondary N) is 1. The molecule has 0 radical (unpaired) electrons. The number of carboxylic acids is 1. The van der Waals surface area contributed by atoms with Crippen LogP contribution in [0.25, 0.3) is 0 Å². The monoisotopic (exact) mass is 378 g/mol. The van der Waals surface area contributed by atoms with Crippen LogP contribution in [0.4, 0.5) is 5.69 Å². The zero-order valence-electron chi connectivity index (χ0n) is 12.8. The van der Waals surface area contributed by atoms with Crippen molar-refractivity contribution < 1.29 is 14.6 Å². The van der Waals surface area contributed by atoms with Gasteiger partial charge in [0.05, 0.1) is 11.9 Å². The zero-order valence-corrected chi connectivity index (χ0v) is 14.3. The van der Waals surface area contributed by atoms with Crippen molar-refractivity contribution in [3.8, 4) is 5.75 Å². The van der Waals surface area contributed by atoms with Crippen molar-refractivity contribution >= 4 is 34.9 Å². The van der Waals surface area contributed by atoms with Gasteiger partial charge in [0, 0.05) is 26.9 Å². The first-order chi connectivity index (χ1) is 11.5. The van der Waals surface area contributed by atoms with Crippen LogP contribution in [0.1, 0.15) is 37.0 Å². The molecule has 0 spiro atoms. The minimum atomic E-state index is -1.21. The molecule has 6 heteroatoms. The summed E-state index contributed by atoms with van der Waals surface area (Å²) in [7, 11) is 0. The zero-order chi connectivity index (χ0) is 17.0. The highest BCUT2D eigenvalue weighted by Crippen LogP contribution is 2.52. The average Bonchev–Trinajstić information content (AvgIpc) is 2.92. The number of ether oxygens (including phenoxy) is 1. The maximum Gasteiger partial charge on any atom is 0.135 e. The maximum atomic E-state index is 11.7. The molecule has 0 aromatic heterocycles. The second-order valence-corrected chi connectivity index (χ2v) is 6.88. The van der Waals surface area contributed by atoms with Gasteiger partial charge in [-0.25, -0.2) is 0 Å². The molecule has 4 rings (SSSR count). The quantitative estimate of drug-likeness (QED) is 0.866. The molecule has 2 aromatic rings. The molecule has 0 amide bonds. The van der Waals surface area contributed by atoms with Crippen molar-refractivity contribution in [2.75, 3.05) is 5.32 Å². The Morgan fingerprint density at radius 3 is 2.76 bits per heavy atom. The molecular formula is C19H18Cl2NO3-. The number of hydrogen-bond acceptors (Lipinski definition) is 4. The van der Waals surface area contributed by atoms with Crippen molar-refractivity contribution in [1.29, 1.82) is 0 Å². The van der Waals surface area contributed by atoms with Gasteiger partial charge in [-0.05, 0) is 24.1 Å². The predicted octanol–water partition coefficient (Wildman–Crippen LogP) is 3.63. The fraction of sp³-hybridized carbons (Fsp3) is 0.316. The summed E-state index contributed by atoms with van der Waals surface area (Å²) in [6, 6.07) is 8.29. The maximum absolute atomic E-state index is 11.7. The van der Waals surface area contributed by atoms with Crippen LogP contribution in [0.2, 0.25) is 10.0 Å². The highest BCUT2D eigenvalue weighted by molar-refractivity contribution is 6.35. The fourth-order valence-corrected chi connectivity index (χ4v) is 4.31. The number of aryl methyl sites for hydroxylation is 1. The summed E-state index contributed by atoms with van der Waals surface area (Å²) in [6.07, 6.45) is 0.191. The Kier molecular flexibility index (Phi) is 4.60. The van der Waals surface area contributed by atoms with E-state index < -0.39 is 18.1 Å². The van der Waals surface area contributed by atoms with Crippen LogP contribution >= 0.6 is 23.2 Å². The molecule has 0 fully saturated rings. The lowest BCUT2D eigenvalue weighted by atomic mass is 9.80. The SMILES string of the molecule is C.CCc1cccc2c1OC1C(C(=O)[O-])Nc3cc(Cl)cc(Cl)c3C21. The van der Waals surface area contributed by atoms with Crippen molar-refractivity contribution in [1.82, 2.24) is 0 Å². The molecule has 0 aliphatic carbocycles. The number of carbonyl (C=O) groups excluding carboxylic acids is 1. The third-order valence-corrected chi connectivity index (χ3v) is 5.26. The summed E-state index contributed by atoms with van der Waals surface area (Å²) in [5, 5.41) is 15.6. The third kappa shape index (κ3) is 2.64. The van der Waals surface area contributed by atoms with E-state index in [1.807, 2.05) is 25.1 Å². The summed E-state index contributed by atoms with van der Waals surface area (Å²) in [6.45, 7) is 2.04. The Bertz CT molecular complexity index is 853. The number of fused-ring (bicyclic) bond motifs is 5. The van der Waals surface area contributed by atoms with Gasteiger partial charge in [-0.15, -0.1) is 0 Å². The molecule has 132 valence electrons. The summed E-state index contributed by atoms with van der Waals surface area (Å²) < 4.78 is 6.07. The van der Waals surface area contributed by atoms with Gasteiger partial charge in [0.25, 0.3) is 0 Å². The number of halogens is 2. The number of rotatable bonds is 2. The Morgan fingerprint density at radius 2 is 2.08 bits per heavy atom. The molecule has 3 unspecified atom stereocenters. The summed E-state index contributed by atoms with van der Waals surface area (Å²) in [5.74, 6) is -0.727. The molecule has 3 atom stereocenters. The molecule has 2 aromatic carbocycles. The summed E-state index contributed by atoms with van der Waals surface area (Å²) >= 11 is 12.5. The number of hydrogen-bond donors (Lipinski definition) is 1. The predicted molar refractivity (Wildman–Crippen MR) is 97.7 cm³/mol. The van der Waals surface area contributed by atoms with Crippen LogP contribution in [-0.4, -0.2) is 18.1 Å². The number of anilines is 1. The summed E-state index contributed by atoms with van der Waals surface area (Å²) in [5.41, 5.74) is 3.43. The minimum absolute atomic E-state index is 0. The van der Waals surface area contributed by atoms with Crippen molar-refractivity contribution in [2.24, 2.45) is 0 Å². The van der Waals surface area contributed by atoms with Crippen molar-refractivity contribution in [3.05, 3.63) is 57.1 Å². The molecule has 0 bridgehead atoms. The van der Waals surface area contributed by atoms with Crippen LogP contribution < -0.4 is 15.2 Å². The highest BCUT2D eigenvalue weighted by atomic mass is 35.5. The molecule has 2 aliphatic heterocycles. The Morgan fingerprint density at radius 1 is 1.32 bits per heavy atom. The van der Waals surface area contributed by atoms with E-state index in [4.69, 9.17) is 27.9 Å². The van der Waals surface area contributed by atoms with Gasteiger partial charge < -0.3 is 20.0 Å². The Hall–Kier alpha value is -1.91. The number of aliphatic carboxylic acids is 1. The molecule has 25 heavy (non-hydrogen) atoms. The lowest BCUT2D eigenvalue weighted by Crippen LogP contribution is -2.53. The first-order valence-corrected chi connectivity index (χ1v) is 8.51. The van der Waals surface area contributed by atoms with E-state index in [2.05, 4.69) is 5.32 Å². The number of para-hydroxylation sites is 1. The number of carboxylic acid groups (broad SMARTS) is 1. The summed E-state index contributed by atoms with van der Waals surface area (Å²) in [4.78, 5) is 11.7. The molecule has 1 N–H and O–H groups in total. The smallest absolute Gasteiger partial charge is 0.135 e. The third-order valence-electron chi connectivity index (χ3n) is 4.72. The van der Waals surface area contributed by atoms with Gasteiger partial charge >= 0.3 is 0 Å². The highest BCUT2D eigenvalue weighted by Gasteiger charge is 2.47. The lowest BCUT2D eigenvalue weighted by Gasteiger charge is -2.37. The van der Waals surface area contributed by atoms with Gasteiger partial charge in [0.15, 0.2) is 0 Å². The number of carbonyl (C=O) groups is 1. The molecule has 2 aliphatic rings. The standard InChI is InChI=1S/C18H15Cl2NO3.CH4/c1-2-8-4-3-5-10-13-14-11(20)6-9(19)7-12(14)21-15(18(22)23)17(13)24-16(8)10;/h3-7,13,15,17,21H,2H2,1H3,(H,22,23);1H4/p-1. The average molecular weight is 379 g/mol. The lowest BCUT2D eigenvalue weighted by molar-refractivity contribution is -0.308. The van der Waals surface area contributed by atoms with Crippen molar-refractivity contribution in [2.45, 2.75) is 38.8 Å². The minimum Gasteiger partial charge on any atom is -0.548 e. The van der Waals surface area contributed by atoms with Crippen LogP contribution in [0.3, 0.4) is 0 Å². The van der Waals surface area contributed by atoms with E-state index in [1.54, 1.807) is 12.1 Å². The second kappa shape index (κ2) is 6.43. The van der Waals surface area contributed by atoms with Crippen LogP contribution in [0.5, 0.6) is 5.75 Å².